The topological polar surface area (TPSA) is 77.5 Å². The minimum atomic E-state index is 0.0738. The quantitative estimate of drug-likeness (QED) is 0.0371. The Hall–Kier alpha value is -0.730. The molecule has 1 N–H and O–H groups in total. The summed E-state index contributed by atoms with van der Waals surface area (Å²) in [4.78, 5) is 15.7. The second-order valence-corrected chi connectivity index (χ2v) is 17.9. The van der Waals surface area contributed by atoms with Gasteiger partial charge in [0.25, 0.3) is 0 Å². The molecule has 0 radical (unpaired) electrons. The van der Waals surface area contributed by atoms with E-state index in [1.807, 2.05) is 0 Å². The third kappa shape index (κ3) is 46.6. The molecule has 0 heterocycles. The molecule has 354 valence electrons. The molecule has 0 fully saturated rings. The van der Waals surface area contributed by atoms with E-state index in [9.17, 15) is 4.79 Å². The van der Waals surface area contributed by atoms with Crippen LogP contribution in [0.4, 0.5) is 0 Å². The maximum absolute atomic E-state index is 13.2. The van der Waals surface area contributed by atoms with Crippen molar-refractivity contribution in [2.75, 3.05) is 66.1 Å². The minimum absolute atomic E-state index is 0.0738. The first-order valence-electron chi connectivity index (χ1n) is 26.4. The summed E-state index contributed by atoms with van der Waals surface area (Å²) in [6, 6.07) is 0. The number of hydrogen-bond donors (Lipinski definition) is 1. The van der Waals surface area contributed by atoms with E-state index in [0.717, 1.165) is 84.2 Å². The van der Waals surface area contributed by atoms with Gasteiger partial charge in [-0.25, -0.2) is 0 Å². The van der Waals surface area contributed by atoms with Crippen LogP contribution in [-0.4, -0.2) is 82.0 Å². The van der Waals surface area contributed by atoms with Crippen LogP contribution in [0.1, 0.15) is 258 Å². The summed E-state index contributed by atoms with van der Waals surface area (Å²) < 4.78 is 22.9. The van der Waals surface area contributed by atoms with Crippen molar-refractivity contribution in [2.24, 2.45) is 5.92 Å². The Morgan fingerprint density at radius 1 is 0.390 bits per heavy atom. The van der Waals surface area contributed by atoms with Crippen LogP contribution in [0.3, 0.4) is 0 Å². The highest BCUT2D eigenvalue weighted by Gasteiger charge is 2.19. The number of carbonyl (C=O) groups is 1. The summed E-state index contributed by atoms with van der Waals surface area (Å²) in [5.74, 6) is 0.169. The summed E-state index contributed by atoms with van der Waals surface area (Å²) in [5.41, 5.74) is 0. The third-order valence-corrected chi connectivity index (χ3v) is 12.1. The van der Waals surface area contributed by atoms with Gasteiger partial charge in [0, 0.05) is 19.8 Å². The lowest BCUT2D eigenvalue weighted by atomic mass is 9.94. The lowest BCUT2D eigenvalue weighted by Gasteiger charge is -2.22. The lowest BCUT2D eigenvalue weighted by Crippen LogP contribution is -2.30. The highest BCUT2D eigenvalue weighted by molar-refractivity contribution is 5.72. The molecule has 0 saturated carbocycles. The number of rotatable bonds is 52. The van der Waals surface area contributed by atoms with Gasteiger partial charge in [-0.2, -0.15) is 0 Å². The van der Waals surface area contributed by atoms with Crippen molar-refractivity contribution in [3.05, 3.63) is 0 Å². The van der Waals surface area contributed by atoms with Crippen molar-refractivity contribution in [3.8, 4) is 0 Å². The van der Waals surface area contributed by atoms with Crippen molar-refractivity contribution < 1.29 is 28.8 Å². The van der Waals surface area contributed by atoms with Crippen LogP contribution < -0.4 is 0 Å². The van der Waals surface area contributed by atoms with E-state index in [4.69, 9.17) is 24.1 Å². The molecular formula is C52H105NO6. The highest BCUT2D eigenvalue weighted by atomic mass is 16.7. The normalized spacial score (nSPS) is 11.8. The van der Waals surface area contributed by atoms with E-state index < -0.39 is 0 Å². The van der Waals surface area contributed by atoms with Crippen molar-refractivity contribution in [1.82, 2.24) is 4.90 Å². The van der Waals surface area contributed by atoms with Crippen LogP contribution in [0.2, 0.25) is 0 Å². The molecule has 0 spiro atoms. The van der Waals surface area contributed by atoms with Crippen molar-refractivity contribution in [1.29, 1.82) is 0 Å². The molecule has 7 heteroatoms. The molecule has 0 rings (SSSR count). The smallest absolute Gasteiger partial charge is 0.308 e. The number of aliphatic hydroxyl groups is 1. The Morgan fingerprint density at radius 2 is 0.746 bits per heavy atom. The van der Waals surface area contributed by atoms with Crippen LogP contribution in [0.15, 0.2) is 0 Å². The predicted molar refractivity (Wildman–Crippen MR) is 253 cm³/mol. The first kappa shape index (κ1) is 58.3. The molecule has 59 heavy (non-hydrogen) atoms. The zero-order valence-electron chi connectivity index (χ0n) is 40.2. The summed E-state index contributed by atoms with van der Waals surface area (Å²) in [7, 11) is 0. The first-order valence-corrected chi connectivity index (χ1v) is 26.4. The van der Waals surface area contributed by atoms with E-state index in [0.29, 0.717) is 26.6 Å². The van der Waals surface area contributed by atoms with Gasteiger partial charge in [0.15, 0.2) is 0 Å². The van der Waals surface area contributed by atoms with Crippen molar-refractivity contribution in [2.45, 2.75) is 258 Å². The molecule has 0 bridgehead atoms. The SMILES string of the molecule is CCCCCCCCCCCCCOCOCCCCCN(CCCCCCCOC(=O)C(CCCCCCCCCC)CCCCCCCCCC)CCOCCO. The van der Waals surface area contributed by atoms with Crippen molar-refractivity contribution >= 4 is 5.97 Å². The number of esters is 1. The molecule has 0 aliphatic heterocycles. The lowest BCUT2D eigenvalue weighted by molar-refractivity contribution is -0.149. The van der Waals surface area contributed by atoms with Gasteiger partial charge >= 0.3 is 5.97 Å². The maximum Gasteiger partial charge on any atom is 0.308 e. The van der Waals surface area contributed by atoms with E-state index >= 15 is 0 Å². The molecule has 0 amide bonds. The zero-order valence-corrected chi connectivity index (χ0v) is 40.2. The Balaban J connectivity index is 4.12. The summed E-state index contributed by atoms with van der Waals surface area (Å²) >= 11 is 0. The van der Waals surface area contributed by atoms with E-state index in [1.165, 1.54) is 186 Å². The number of hydrogen-bond acceptors (Lipinski definition) is 7. The molecular weight excluding hydrogens is 735 g/mol. The zero-order chi connectivity index (χ0) is 42.8. The summed E-state index contributed by atoms with van der Waals surface area (Å²) in [6.45, 7) is 13.7. The number of nitrogens with zero attached hydrogens (tertiary/aromatic N) is 1. The number of aliphatic hydroxyl groups excluding tert-OH is 1. The Labute approximate surface area is 369 Å². The molecule has 7 nitrogen and oxygen atoms in total. The van der Waals surface area contributed by atoms with Gasteiger partial charge in [0.05, 0.1) is 32.3 Å². The number of unbranched alkanes of at least 4 members (excludes halogenated alkanes) is 30. The van der Waals surface area contributed by atoms with Gasteiger partial charge in [0.2, 0.25) is 0 Å². The van der Waals surface area contributed by atoms with Gasteiger partial charge in [-0.3, -0.25) is 4.79 Å². The van der Waals surface area contributed by atoms with Gasteiger partial charge in [0.1, 0.15) is 6.79 Å². The second kappa shape index (κ2) is 51.6. The Kier molecular flexibility index (Phi) is 51.0. The number of ether oxygens (including phenoxy) is 4. The monoisotopic (exact) mass is 840 g/mol. The fourth-order valence-electron chi connectivity index (χ4n) is 8.14. The van der Waals surface area contributed by atoms with E-state index in [2.05, 4.69) is 25.7 Å². The molecule has 0 aliphatic carbocycles. The van der Waals surface area contributed by atoms with Gasteiger partial charge in [-0.1, -0.05) is 207 Å². The molecule has 0 aromatic carbocycles. The van der Waals surface area contributed by atoms with E-state index in [1.54, 1.807) is 0 Å². The molecule has 0 unspecified atom stereocenters. The summed E-state index contributed by atoms with van der Waals surface area (Å²) in [5, 5.41) is 9.10. The van der Waals surface area contributed by atoms with Crippen LogP contribution in [-0.2, 0) is 23.7 Å². The second-order valence-electron chi connectivity index (χ2n) is 17.9. The molecule has 0 saturated heterocycles. The number of carbonyl (C=O) groups excluding carboxylic acids is 1. The molecule has 0 aliphatic rings. The third-order valence-electron chi connectivity index (χ3n) is 12.1. The molecule has 0 atom stereocenters. The van der Waals surface area contributed by atoms with Crippen LogP contribution in [0, 0.1) is 5.92 Å². The van der Waals surface area contributed by atoms with Gasteiger partial charge < -0.3 is 29.0 Å². The molecule has 0 aromatic rings. The fourth-order valence-corrected chi connectivity index (χ4v) is 8.14. The van der Waals surface area contributed by atoms with Crippen molar-refractivity contribution in [3.63, 3.8) is 0 Å². The average molecular weight is 840 g/mol. The first-order chi connectivity index (χ1) is 29.2. The summed E-state index contributed by atoms with van der Waals surface area (Å²) in [6.07, 6.45) is 46.9. The largest absolute Gasteiger partial charge is 0.465 e. The standard InChI is InChI=1S/C52H105NO6/c1-4-7-10-13-16-19-20-21-24-29-36-45-57-50-58-46-37-31-35-42-53(43-48-56-49-44-54)41-34-28-25-30-38-47-59-52(55)51(39-32-26-22-17-14-11-8-5-2)40-33-27-23-18-15-12-9-6-3/h51,54H,4-50H2,1-3H3. The van der Waals surface area contributed by atoms with Gasteiger partial charge in [-0.05, 0) is 64.5 Å². The fraction of sp³-hybridized carbons (Fsp3) is 0.981. The van der Waals surface area contributed by atoms with Crippen LogP contribution >= 0.6 is 0 Å². The Morgan fingerprint density at radius 3 is 1.17 bits per heavy atom. The molecule has 0 aromatic heterocycles. The average Bonchev–Trinajstić information content (AvgIpc) is 3.24. The van der Waals surface area contributed by atoms with Crippen LogP contribution in [0.5, 0.6) is 0 Å². The Bertz CT molecular complexity index is 764. The highest BCUT2D eigenvalue weighted by Crippen LogP contribution is 2.22. The van der Waals surface area contributed by atoms with E-state index in [-0.39, 0.29) is 18.5 Å². The predicted octanol–water partition coefficient (Wildman–Crippen LogP) is 14.9. The van der Waals surface area contributed by atoms with Crippen LogP contribution in [0.25, 0.3) is 0 Å². The minimum Gasteiger partial charge on any atom is -0.465 e. The van der Waals surface area contributed by atoms with Gasteiger partial charge in [-0.15, -0.1) is 0 Å². The maximum atomic E-state index is 13.2.